The lowest BCUT2D eigenvalue weighted by molar-refractivity contribution is -0.140. The largest absolute Gasteiger partial charge is 0.468 e. The molecule has 14 heavy (non-hydrogen) atoms. The van der Waals surface area contributed by atoms with Crippen LogP contribution in [0.3, 0.4) is 0 Å². The molecule has 0 fully saturated rings. The Morgan fingerprint density at radius 3 is 2.50 bits per heavy atom. The fourth-order valence-electron chi connectivity index (χ4n) is 1.04. The fraction of sp³-hybridized carbons (Fsp3) is 0.300. The maximum absolute atomic E-state index is 11.0. The standard InChI is InChI=1S/C10H10Cl2O2/c1-14-10(13)9(12)6-7-2-4-8(11)5-3-7/h2-5,9H,6H2,1H3/t9-/m1/s1. The van der Waals surface area contributed by atoms with Gasteiger partial charge in [-0.05, 0) is 24.1 Å². The van der Waals surface area contributed by atoms with Crippen molar-refractivity contribution < 1.29 is 9.53 Å². The van der Waals surface area contributed by atoms with E-state index in [1.54, 1.807) is 12.1 Å². The molecule has 1 aromatic rings. The van der Waals surface area contributed by atoms with E-state index in [-0.39, 0.29) is 0 Å². The number of hydrogen-bond acceptors (Lipinski definition) is 2. The van der Waals surface area contributed by atoms with E-state index in [2.05, 4.69) is 4.74 Å². The summed E-state index contributed by atoms with van der Waals surface area (Å²) in [6.45, 7) is 0. The van der Waals surface area contributed by atoms with Gasteiger partial charge in [-0.2, -0.15) is 0 Å². The number of benzene rings is 1. The van der Waals surface area contributed by atoms with E-state index in [1.807, 2.05) is 12.1 Å². The average molecular weight is 233 g/mol. The quantitative estimate of drug-likeness (QED) is 0.592. The van der Waals surface area contributed by atoms with Gasteiger partial charge >= 0.3 is 5.97 Å². The summed E-state index contributed by atoms with van der Waals surface area (Å²) in [6.07, 6.45) is 0.450. The number of halogens is 2. The maximum atomic E-state index is 11.0. The first-order valence-electron chi connectivity index (χ1n) is 4.10. The Balaban J connectivity index is 2.60. The summed E-state index contributed by atoms with van der Waals surface area (Å²) in [6, 6.07) is 7.19. The maximum Gasteiger partial charge on any atom is 0.324 e. The second kappa shape index (κ2) is 5.23. The molecule has 0 aromatic heterocycles. The zero-order chi connectivity index (χ0) is 10.6. The number of hydrogen-bond donors (Lipinski definition) is 0. The summed E-state index contributed by atoms with van der Waals surface area (Å²) in [4.78, 5) is 11.0. The highest BCUT2D eigenvalue weighted by molar-refractivity contribution is 6.30. The van der Waals surface area contributed by atoms with Crippen molar-refractivity contribution in [1.29, 1.82) is 0 Å². The molecule has 0 aliphatic rings. The lowest BCUT2D eigenvalue weighted by Gasteiger charge is -2.06. The van der Waals surface area contributed by atoms with Crippen LogP contribution in [0.25, 0.3) is 0 Å². The van der Waals surface area contributed by atoms with Gasteiger partial charge in [0, 0.05) is 5.02 Å². The van der Waals surface area contributed by atoms with E-state index >= 15 is 0 Å². The van der Waals surface area contributed by atoms with Crippen molar-refractivity contribution in [3.05, 3.63) is 34.9 Å². The van der Waals surface area contributed by atoms with Crippen molar-refractivity contribution in [1.82, 2.24) is 0 Å². The van der Waals surface area contributed by atoms with Crippen molar-refractivity contribution in [2.75, 3.05) is 7.11 Å². The second-order valence-corrected chi connectivity index (χ2v) is 3.78. The Morgan fingerprint density at radius 2 is 2.00 bits per heavy atom. The Hall–Kier alpha value is -0.730. The van der Waals surface area contributed by atoms with Gasteiger partial charge in [0.1, 0.15) is 5.38 Å². The SMILES string of the molecule is COC(=O)[C@H](Cl)Cc1ccc(Cl)cc1. The molecule has 0 aliphatic heterocycles. The highest BCUT2D eigenvalue weighted by atomic mass is 35.5. The number of esters is 1. The van der Waals surface area contributed by atoms with E-state index in [0.29, 0.717) is 11.4 Å². The molecule has 0 spiro atoms. The highest BCUT2D eigenvalue weighted by Gasteiger charge is 2.15. The van der Waals surface area contributed by atoms with Crippen LogP contribution in [0.5, 0.6) is 0 Å². The molecule has 1 aromatic carbocycles. The van der Waals surface area contributed by atoms with Crippen LogP contribution >= 0.6 is 23.2 Å². The van der Waals surface area contributed by atoms with Crippen LogP contribution < -0.4 is 0 Å². The van der Waals surface area contributed by atoms with E-state index < -0.39 is 11.3 Å². The van der Waals surface area contributed by atoms with Crippen LogP contribution in [0.15, 0.2) is 24.3 Å². The lowest BCUT2D eigenvalue weighted by atomic mass is 10.1. The Morgan fingerprint density at radius 1 is 1.43 bits per heavy atom. The Kier molecular flexibility index (Phi) is 4.23. The van der Waals surface area contributed by atoms with Crippen LogP contribution in [-0.2, 0) is 16.0 Å². The minimum Gasteiger partial charge on any atom is -0.468 e. The first-order valence-corrected chi connectivity index (χ1v) is 4.91. The number of carbonyl (C=O) groups is 1. The van der Waals surface area contributed by atoms with Crippen LogP contribution in [-0.4, -0.2) is 18.5 Å². The van der Waals surface area contributed by atoms with Crippen LogP contribution in [0.4, 0.5) is 0 Å². The van der Waals surface area contributed by atoms with Gasteiger partial charge in [-0.15, -0.1) is 11.6 Å². The lowest BCUT2D eigenvalue weighted by Crippen LogP contribution is -2.18. The number of methoxy groups -OCH3 is 1. The van der Waals surface area contributed by atoms with E-state index in [0.717, 1.165) is 5.56 Å². The first kappa shape index (κ1) is 11.3. The molecule has 0 N–H and O–H groups in total. The minimum atomic E-state index is -0.638. The summed E-state index contributed by atoms with van der Waals surface area (Å²) in [5, 5.41) is 0.0270. The van der Waals surface area contributed by atoms with E-state index in [4.69, 9.17) is 23.2 Å². The molecule has 0 saturated carbocycles. The summed E-state index contributed by atoms with van der Waals surface area (Å²) in [5.74, 6) is -0.415. The molecule has 0 unspecified atom stereocenters. The molecule has 2 nitrogen and oxygen atoms in total. The van der Waals surface area contributed by atoms with Gasteiger partial charge in [0.05, 0.1) is 7.11 Å². The third-order valence-electron chi connectivity index (χ3n) is 1.79. The second-order valence-electron chi connectivity index (χ2n) is 2.82. The monoisotopic (exact) mass is 232 g/mol. The van der Waals surface area contributed by atoms with Gasteiger partial charge in [-0.25, -0.2) is 0 Å². The average Bonchev–Trinajstić information content (AvgIpc) is 2.20. The third kappa shape index (κ3) is 3.20. The van der Waals surface area contributed by atoms with Crippen molar-refractivity contribution in [2.24, 2.45) is 0 Å². The topological polar surface area (TPSA) is 26.3 Å². The Labute approximate surface area is 92.8 Å². The van der Waals surface area contributed by atoms with Gasteiger partial charge in [-0.3, -0.25) is 4.79 Å². The smallest absolute Gasteiger partial charge is 0.324 e. The summed E-state index contributed by atoms with van der Waals surface area (Å²) in [5.41, 5.74) is 0.958. The minimum absolute atomic E-state index is 0.415. The zero-order valence-corrected chi connectivity index (χ0v) is 9.18. The van der Waals surface area contributed by atoms with Crippen LogP contribution in [0.2, 0.25) is 5.02 Å². The van der Waals surface area contributed by atoms with Crippen molar-refractivity contribution in [3.63, 3.8) is 0 Å². The molecule has 0 amide bonds. The van der Waals surface area contributed by atoms with Gasteiger partial charge < -0.3 is 4.74 Å². The molecule has 0 saturated heterocycles. The number of alkyl halides is 1. The number of carbonyl (C=O) groups excluding carboxylic acids is 1. The highest BCUT2D eigenvalue weighted by Crippen LogP contribution is 2.13. The van der Waals surface area contributed by atoms with Gasteiger partial charge in [0.2, 0.25) is 0 Å². The molecule has 1 rings (SSSR count). The predicted octanol–water partition coefficient (Wildman–Crippen LogP) is 2.66. The molecule has 0 radical (unpaired) electrons. The third-order valence-corrected chi connectivity index (χ3v) is 2.37. The first-order chi connectivity index (χ1) is 6.63. The Bertz CT molecular complexity index is 308. The molecule has 0 aliphatic carbocycles. The normalized spacial score (nSPS) is 12.2. The number of rotatable bonds is 3. The summed E-state index contributed by atoms with van der Waals surface area (Å²) in [7, 11) is 1.32. The zero-order valence-electron chi connectivity index (χ0n) is 7.67. The van der Waals surface area contributed by atoms with E-state index in [9.17, 15) is 4.79 Å². The predicted molar refractivity (Wildman–Crippen MR) is 56.8 cm³/mol. The molecular weight excluding hydrogens is 223 g/mol. The van der Waals surface area contributed by atoms with Crippen LogP contribution in [0, 0.1) is 0 Å². The van der Waals surface area contributed by atoms with Crippen molar-refractivity contribution in [2.45, 2.75) is 11.8 Å². The fourth-order valence-corrected chi connectivity index (χ4v) is 1.43. The molecule has 4 heteroatoms. The summed E-state index contributed by atoms with van der Waals surface area (Å²) >= 11 is 11.5. The van der Waals surface area contributed by atoms with Gasteiger partial charge in [-0.1, -0.05) is 23.7 Å². The molecule has 1 atom stereocenters. The van der Waals surface area contributed by atoms with Gasteiger partial charge in [0.15, 0.2) is 0 Å². The molecular formula is C10H10Cl2O2. The summed E-state index contributed by atoms with van der Waals surface area (Å²) < 4.78 is 4.51. The van der Waals surface area contributed by atoms with Crippen molar-refractivity contribution in [3.8, 4) is 0 Å². The van der Waals surface area contributed by atoms with Gasteiger partial charge in [0.25, 0.3) is 0 Å². The molecule has 0 bridgehead atoms. The van der Waals surface area contributed by atoms with E-state index in [1.165, 1.54) is 7.11 Å². The van der Waals surface area contributed by atoms with Crippen molar-refractivity contribution >= 4 is 29.2 Å². The molecule has 76 valence electrons. The number of ether oxygens (including phenoxy) is 1. The van der Waals surface area contributed by atoms with Crippen LogP contribution in [0.1, 0.15) is 5.56 Å². The molecule has 0 heterocycles.